The molecule has 2 aliphatic rings. The molecular formula is C24H33N7O3S. The van der Waals surface area contributed by atoms with E-state index in [-0.39, 0.29) is 16.2 Å². The van der Waals surface area contributed by atoms with Crippen LogP contribution in [0.1, 0.15) is 73.6 Å². The van der Waals surface area contributed by atoms with E-state index in [1.54, 1.807) is 11.6 Å². The topological polar surface area (TPSA) is 129 Å². The summed E-state index contributed by atoms with van der Waals surface area (Å²) < 4.78 is 27.8. The number of aromatic amines is 1. The Kier molecular flexibility index (Phi) is 5.77. The molecule has 11 heteroatoms. The Bertz CT molecular complexity index is 1350. The molecule has 0 spiro atoms. The Hall–Kier alpha value is -2.76. The fourth-order valence-corrected chi connectivity index (χ4v) is 6.22. The zero-order chi connectivity index (χ0) is 25.1. The van der Waals surface area contributed by atoms with Crippen LogP contribution in [0.3, 0.4) is 0 Å². The normalized spacial score (nSPS) is 16.5. The van der Waals surface area contributed by atoms with Crippen LogP contribution in [0, 0.1) is 5.21 Å². The highest BCUT2D eigenvalue weighted by atomic mass is 32.2. The van der Waals surface area contributed by atoms with Gasteiger partial charge in [0.05, 0.1) is 19.8 Å². The van der Waals surface area contributed by atoms with Crippen LogP contribution in [-0.2, 0) is 35.5 Å². The molecule has 3 aromatic rings. The summed E-state index contributed by atoms with van der Waals surface area (Å²) in [6.07, 6.45) is 6.41. The SMILES string of the molecule is CC(C)n1nc(S(=O)(=O)c2nnc(Nc3c4c(cc5c3CCC5)CCC4)[nH]2)cc1C(C)[N+](C)(C)[O-]. The van der Waals surface area contributed by atoms with Crippen molar-refractivity contribution in [3.8, 4) is 0 Å². The Balaban J connectivity index is 1.48. The number of nitrogens with zero attached hydrogens (tertiary/aromatic N) is 5. The van der Waals surface area contributed by atoms with E-state index in [0.717, 1.165) is 44.2 Å². The van der Waals surface area contributed by atoms with Crippen molar-refractivity contribution in [1.29, 1.82) is 0 Å². The van der Waals surface area contributed by atoms with Gasteiger partial charge in [-0.2, -0.15) is 5.10 Å². The van der Waals surface area contributed by atoms with Crippen LogP contribution in [0.2, 0.25) is 0 Å². The lowest BCUT2D eigenvalue weighted by Crippen LogP contribution is -2.36. The van der Waals surface area contributed by atoms with Crippen molar-refractivity contribution in [1.82, 2.24) is 25.0 Å². The Labute approximate surface area is 205 Å². The van der Waals surface area contributed by atoms with Crippen LogP contribution in [0.5, 0.6) is 0 Å². The number of aromatic nitrogens is 5. The monoisotopic (exact) mass is 499 g/mol. The summed E-state index contributed by atoms with van der Waals surface area (Å²) >= 11 is 0. The summed E-state index contributed by atoms with van der Waals surface area (Å²) in [5.74, 6) is 0.298. The highest BCUT2D eigenvalue weighted by Gasteiger charge is 2.32. The molecule has 0 saturated carbocycles. The van der Waals surface area contributed by atoms with Gasteiger partial charge in [-0.05, 0) is 81.5 Å². The third kappa shape index (κ3) is 4.15. The molecule has 2 aliphatic carbocycles. The maximum absolute atomic E-state index is 13.4. The second-order valence-corrected chi connectivity index (χ2v) is 12.2. The van der Waals surface area contributed by atoms with Gasteiger partial charge in [0.25, 0.3) is 15.0 Å². The minimum absolute atomic E-state index is 0.114. The van der Waals surface area contributed by atoms with E-state index in [9.17, 15) is 13.6 Å². The molecule has 0 amide bonds. The van der Waals surface area contributed by atoms with Crippen molar-refractivity contribution in [2.24, 2.45) is 0 Å². The molecule has 2 aromatic heterocycles. The van der Waals surface area contributed by atoms with Crippen LogP contribution >= 0.6 is 0 Å². The number of quaternary nitrogens is 1. The first-order valence-electron chi connectivity index (χ1n) is 12.2. The molecule has 0 bridgehead atoms. The highest BCUT2D eigenvalue weighted by Crippen LogP contribution is 2.39. The van der Waals surface area contributed by atoms with Crippen molar-refractivity contribution in [3.05, 3.63) is 45.3 Å². The molecule has 1 atom stereocenters. The van der Waals surface area contributed by atoms with Gasteiger partial charge in [-0.3, -0.25) is 9.67 Å². The number of hydrogen-bond acceptors (Lipinski definition) is 7. The molecule has 2 N–H and O–H groups in total. The predicted octanol–water partition coefficient (Wildman–Crippen LogP) is 3.77. The molecule has 1 aromatic carbocycles. The van der Waals surface area contributed by atoms with Gasteiger partial charge in [0, 0.05) is 17.8 Å². The Morgan fingerprint density at radius 3 is 2.23 bits per heavy atom. The lowest BCUT2D eigenvalue weighted by molar-refractivity contribution is -0.871. The largest absolute Gasteiger partial charge is 0.633 e. The lowest BCUT2D eigenvalue weighted by atomic mass is 9.99. The van der Waals surface area contributed by atoms with E-state index in [4.69, 9.17) is 0 Å². The summed E-state index contributed by atoms with van der Waals surface area (Å²) in [5, 5.41) is 27.9. The van der Waals surface area contributed by atoms with Gasteiger partial charge in [0.1, 0.15) is 6.04 Å². The molecule has 35 heavy (non-hydrogen) atoms. The average molecular weight is 500 g/mol. The molecule has 0 radical (unpaired) electrons. The number of H-pyrrole nitrogens is 1. The van der Waals surface area contributed by atoms with Gasteiger partial charge >= 0.3 is 0 Å². The molecule has 5 rings (SSSR count). The van der Waals surface area contributed by atoms with E-state index in [2.05, 4.69) is 31.7 Å². The van der Waals surface area contributed by atoms with Crippen LogP contribution in [0.15, 0.2) is 22.3 Å². The Morgan fingerprint density at radius 1 is 1.03 bits per heavy atom. The molecule has 0 saturated heterocycles. The van der Waals surface area contributed by atoms with E-state index >= 15 is 0 Å². The lowest BCUT2D eigenvalue weighted by Gasteiger charge is -2.40. The van der Waals surface area contributed by atoms with Crippen molar-refractivity contribution in [2.45, 2.75) is 81.6 Å². The quantitative estimate of drug-likeness (QED) is 0.374. The standard InChI is InChI=1S/C24H33N7O3S/c1-14(2)30-20(15(3)31(4,5)32)13-21(29-30)35(33,34)24-26-23(27-28-24)25-22-18-10-6-8-16(18)12-17-9-7-11-19(17)22/h12-15H,6-11H2,1-5H3,(H2,25,26,27,28). The molecule has 1 unspecified atom stereocenters. The molecule has 188 valence electrons. The highest BCUT2D eigenvalue weighted by molar-refractivity contribution is 7.91. The van der Waals surface area contributed by atoms with Crippen molar-refractivity contribution in [2.75, 3.05) is 19.4 Å². The third-order valence-electron chi connectivity index (χ3n) is 7.30. The number of benzene rings is 1. The number of nitrogens with one attached hydrogen (secondary N) is 2. The minimum atomic E-state index is -4.06. The summed E-state index contributed by atoms with van der Waals surface area (Å²) in [6, 6.07) is 3.21. The van der Waals surface area contributed by atoms with Gasteiger partial charge in [-0.15, -0.1) is 10.2 Å². The van der Waals surface area contributed by atoms with E-state index in [1.165, 1.54) is 42.4 Å². The maximum atomic E-state index is 13.4. The number of fused-ring (bicyclic) bond motifs is 2. The first-order valence-corrected chi connectivity index (χ1v) is 13.7. The zero-order valence-corrected chi connectivity index (χ0v) is 21.7. The first kappa shape index (κ1) is 24.0. The minimum Gasteiger partial charge on any atom is -0.633 e. The molecule has 0 fully saturated rings. The van der Waals surface area contributed by atoms with Crippen molar-refractivity contribution < 1.29 is 13.1 Å². The average Bonchev–Trinajstić information content (AvgIpc) is 3.57. The second kappa shape index (κ2) is 8.42. The summed E-state index contributed by atoms with van der Waals surface area (Å²) in [6.45, 7) is 5.57. The number of hydrogen-bond donors (Lipinski definition) is 2. The van der Waals surface area contributed by atoms with Crippen molar-refractivity contribution in [3.63, 3.8) is 0 Å². The Morgan fingerprint density at radius 2 is 1.66 bits per heavy atom. The summed E-state index contributed by atoms with van der Waals surface area (Å²) in [4.78, 5) is 2.86. The van der Waals surface area contributed by atoms with Crippen LogP contribution in [0.4, 0.5) is 11.6 Å². The van der Waals surface area contributed by atoms with Gasteiger partial charge < -0.3 is 15.2 Å². The number of aryl methyl sites for hydroxylation is 2. The van der Waals surface area contributed by atoms with Crippen molar-refractivity contribution >= 4 is 21.5 Å². The van der Waals surface area contributed by atoms with Crippen LogP contribution in [-0.4, -0.2) is 52.1 Å². The number of hydroxylamine groups is 3. The first-order chi connectivity index (χ1) is 16.5. The van der Waals surface area contributed by atoms with E-state index in [1.807, 2.05) is 13.8 Å². The molecular weight excluding hydrogens is 466 g/mol. The van der Waals surface area contributed by atoms with Gasteiger partial charge in [0.2, 0.25) is 5.95 Å². The van der Waals surface area contributed by atoms with Crippen LogP contribution < -0.4 is 5.32 Å². The summed E-state index contributed by atoms with van der Waals surface area (Å²) in [7, 11) is -0.998. The molecule has 0 aliphatic heterocycles. The van der Waals surface area contributed by atoms with E-state index in [0.29, 0.717) is 11.6 Å². The number of sulfone groups is 1. The van der Waals surface area contributed by atoms with E-state index < -0.39 is 20.5 Å². The predicted molar refractivity (Wildman–Crippen MR) is 132 cm³/mol. The fourth-order valence-electron chi connectivity index (χ4n) is 5.17. The van der Waals surface area contributed by atoms with Gasteiger partial charge in [0.15, 0.2) is 5.03 Å². The second-order valence-electron chi connectivity index (χ2n) is 10.4. The summed E-state index contributed by atoms with van der Waals surface area (Å²) in [5.41, 5.74) is 6.98. The van der Waals surface area contributed by atoms with Gasteiger partial charge in [-0.1, -0.05) is 6.07 Å². The molecule has 2 heterocycles. The maximum Gasteiger partial charge on any atom is 0.260 e. The number of anilines is 2. The number of rotatable bonds is 7. The third-order valence-corrected chi connectivity index (χ3v) is 8.75. The molecule has 10 nitrogen and oxygen atoms in total. The fraction of sp³-hybridized carbons (Fsp3) is 0.542. The van der Waals surface area contributed by atoms with Crippen LogP contribution in [0.25, 0.3) is 0 Å². The zero-order valence-electron chi connectivity index (χ0n) is 20.9. The van der Waals surface area contributed by atoms with Gasteiger partial charge in [-0.25, -0.2) is 8.42 Å². The smallest absolute Gasteiger partial charge is 0.260 e.